The van der Waals surface area contributed by atoms with Gasteiger partial charge in [-0.3, -0.25) is 32.5 Å². The summed E-state index contributed by atoms with van der Waals surface area (Å²) in [6, 6.07) is 0. The lowest BCUT2D eigenvalue weighted by Crippen LogP contribution is -2.30. The monoisotopic (exact) mass is 1330 g/mol. The fourth-order valence-corrected chi connectivity index (χ4v) is 11.4. The van der Waals surface area contributed by atoms with E-state index in [1.165, 1.54) is 135 Å². The summed E-state index contributed by atoms with van der Waals surface area (Å²) in [5, 5.41) is 20.6. The lowest BCUT2D eigenvalue weighted by molar-refractivity contribution is -0.161. The zero-order valence-electron chi connectivity index (χ0n) is 57.5. The van der Waals surface area contributed by atoms with E-state index in [1.54, 1.807) is 0 Å². The SMILES string of the molecule is CCCCC/C=C\C/C=C\C/C=C\C/C=C\CCCCCCCCCCCCCC(=O)OCC(O)COP(=O)(O)OCC(O)COP(=O)(O)OCC(COC(=O)CCCCCCC/C=C\CCCCCCCC)OC(=O)CCCCCCC/C=C\CCCCCC. The van der Waals surface area contributed by atoms with E-state index in [-0.39, 0.29) is 19.3 Å². The molecule has 0 fully saturated rings. The Kier molecular flexibility index (Phi) is 64.8. The van der Waals surface area contributed by atoms with Crippen molar-refractivity contribution in [2.45, 2.75) is 334 Å². The topological polar surface area (TPSA) is 231 Å². The first kappa shape index (κ1) is 88.0. The highest BCUT2D eigenvalue weighted by Crippen LogP contribution is 2.45. The molecule has 530 valence electrons. The van der Waals surface area contributed by atoms with Crippen molar-refractivity contribution in [3.8, 4) is 0 Å². The smallest absolute Gasteiger partial charge is 0.463 e. The summed E-state index contributed by atoms with van der Waals surface area (Å²) in [5.41, 5.74) is 0. The summed E-state index contributed by atoms with van der Waals surface area (Å²) >= 11 is 0. The molecular weight excluding hydrogens is 1190 g/mol. The predicted molar refractivity (Wildman–Crippen MR) is 372 cm³/mol. The quantitative estimate of drug-likeness (QED) is 0.0146. The second-order valence-corrected chi connectivity index (χ2v) is 27.3. The van der Waals surface area contributed by atoms with Crippen molar-refractivity contribution in [1.82, 2.24) is 0 Å². The normalized spacial score (nSPS) is 14.6. The number of rotatable bonds is 69. The molecule has 18 heteroatoms. The van der Waals surface area contributed by atoms with E-state index in [1.807, 2.05) is 0 Å². The zero-order chi connectivity index (χ0) is 66.7. The van der Waals surface area contributed by atoms with E-state index in [2.05, 4.69) is 93.7 Å². The van der Waals surface area contributed by atoms with Crippen molar-refractivity contribution in [3.05, 3.63) is 72.9 Å². The third-order valence-corrected chi connectivity index (χ3v) is 17.3. The molecule has 4 N–H and O–H groups in total. The average Bonchev–Trinajstić information content (AvgIpc) is 3.70. The van der Waals surface area contributed by atoms with Crippen molar-refractivity contribution in [3.63, 3.8) is 0 Å². The standard InChI is InChI=1S/C73H132O16P2/c1-4-7-10-13-16-19-22-25-27-28-29-30-31-32-33-34-35-36-37-38-40-43-44-47-50-53-56-59-71(76)83-62-68(74)63-85-90(79,80)86-64-69(75)65-87-91(81,82)88-67-70(89-73(78)61-58-55-52-49-46-41-24-21-18-15-12-9-6-3)66-84-72(77)60-57-54-51-48-45-42-39-26-23-20-17-14-11-8-5-2/h16,19,21,24-27,29-30,32-33,39,68-70,74-75H,4-15,17-18,20,22-23,28,31,34-38,40-67H2,1-3H3,(H,79,80)(H,81,82)/b19-16-,24-21-,27-25-,30-29-,33-32-,39-26-. The maximum Gasteiger partial charge on any atom is 0.472 e. The Morgan fingerprint density at radius 3 is 0.912 bits per heavy atom. The van der Waals surface area contributed by atoms with Gasteiger partial charge in [-0.25, -0.2) is 9.13 Å². The van der Waals surface area contributed by atoms with Crippen LogP contribution in [0.5, 0.6) is 0 Å². The average molecular weight is 1330 g/mol. The van der Waals surface area contributed by atoms with E-state index < -0.39 is 91.5 Å². The van der Waals surface area contributed by atoms with Gasteiger partial charge in [-0.1, -0.05) is 254 Å². The van der Waals surface area contributed by atoms with Gasteiger partial charge in [-0.05, 0) is 116 Å². The van der Waals surface area contributed by atoms with Gasteiger partial charge in [0.1, 0.15) is 25.4 Å². The molecule has 0 radical (unpaired) electrons. The summed E-state index contributed by atoms with van der Waals surface area (Å²) in [6.45, 7) is 2.63. The van der Waals surface area contributed by atoms with Crippen LogP contribution in [0.4, 0.5) is 0 Å². The first-order valence-corrected chi connectivity index (χ1v) is 39.2. The van der Waals surface area contributed by atoms with Crippen molar-refractivity contribution in [1.29, 1.82) is 0 Å². The van der Waals surface area contributed by atoms with Crippen molar-refractivity contribution < 1.29 is 75.8 Å². The van der Waals surface area contributed by atoms with E-state index in [9.17, 15) is 43.5 Å². The van der Waals surface area contributed by atoms with Gasteiger partial charge in [0.2, 0.25) is 0 Å². The number of carbonyl (C=O) groups excluding carboxylic acids is 3. The number of esters is 3. The number of allylic oxidation sites excluding steroid dienone is 12. The van der Waals surface area contributed by atoms with E-state index >= 15 is 0 Å². The van der Waals surface area contributed by atoms with Gasteiger partial charge in [0, 0.05) is 19.3 Å². The number of hydrogen-bond acceptors (Lipinski definition) is 14. The molecule has 0 spiro atoms. The highest BCUT2D eigenvalue weighted by molar-refractivity contribution is 7.47. The van der Waals surface area contributed by atoms with Crippen LogP contribution in [0.25, 0.3) is 0 Å². The molecule has 0 bridgehead atoms. The van der Waals surface area contributed by atoms with Crippen LogP contribution in [0.15, 0.2) is 72.9 Å². The molecule has 0 aromatic carbocycles. The van der Waals surface area contributed by atoms with E-state index in [4.69, 9.17) is 32.3 Å². The number of ether oxygens (including phenoxy) is 3. The molecule has 5 unspecified atom stereocenters. The minimum atomic E-state index is -4.92. The Labute approximate surface area is 553 Å². The lowest BCUT2D eigenvalue weighted by atomic mass is 10.0. The van der Waals surface area contributed by atoms with Crippen molar-refractivity contribution in [2.24, 2.45) is 0 Å². The molecule has 0 aromatic rings. The third kappa shape index (κ3) is 68.2. The number of aliphatic hydroxyl groups is 2. The molecule has 0 aliphatic carbocycles. The van der Waals surface area contributed by atoms with Crippen LogP contribution >= 0.6 is 15.6 Å². The summed E-state index contributed by atoms with van der Waals surface area (Å²) < 4.78 is 60.9. The van der Waals surface area contributed by atoms with Crippen LogP contribution in [0.3, 0.4) is 0 Å². The van der Waals surface area contributed by atoms with E-state index in [0.717, 1.165) is 122 Å². The summed E-state index contributed by atoms with van der Waals surface area (Å²) in [5.74, 6) is -1.59. The van der Waals surface area contributed by atoms with Crippen LogP contribution in [0.2, 0.25) is 0 Å². The Morgan fingerprint density at radius 1 is 0.308 bits per heavy atom. The summed E-state index contributed by atoms with van der Waals surface area (Å²) in [7, 11) is -9.77. The molecule has 0 aromatic heterocycles. The first-order chi connectivity index (χ1) is 44.2. The third-order valence-electron chi connectivity index (χ3n) is 15.4. The number of phosphoric acid groups is 2. The highest BCUT2D eigenvalue weighted by atomic mass is 31.2. The lowest BCUT2D eigenvalue weighted by Gasteiger charge is -2.21. The summed E-state index contributed by atoms with van der Waals surface area (Å²) in [6.07, 6.45) is 71.0. The van der Waals surface area contributed by atoms with Crippen LogP contribution in [0.1, 0.15) is 316 Å². The number of aliphatic hydroxyl groups excluding tert-OH is 2. The molecule has 0 saturated carbocycles. The van der Waals surface area contributed by atoms with Crippen LogP contribution < -0.4 is 0 Å². The van der Waals surface area contributed by atoms with Gasteiger partial charge in [-0.15, -0.1) is 0 Å². The minimum absolute atomic E-state index is 0.0955. The Bertz CT molecular complexity index is 1950. The fraction of sp³-hybridized carbons (Fsp3) is 0.795. The van der Waals surface area contributed by atoms with E-state index in [0.29, 0.717) is 19.3 Å². The molecule has 16 nitrogen and oxygen atoms in total. The van der Waals surface area contributed by atoms with Crippen molar-refractivity contribution >= 4 is 33.6 Å². The number of hydrogen-bond donors (Lipinski definition) is 4. The van der Waals surface area contributed by atoms with Gasteiger partial charge in [0.15, 0.2) is 6.10 Å². The highest BCUT2D eigenvalue weighted by Gasteiger charge is 2.29. The molecule has 0 amide bonds. The molecule has 0 aliphatic rings. The number of unbranched alkanes of at least 4 members (excludes halogenated alkanes) is 34. The fourth-order valence-electron chi connectivity index (χ4n) is 9.78. The largest absolute Gasteiger partial charge is 0.472 e. The van der Waals surface area contributed by atoms with Gasteiger partial charge in [-0.2, -0.15) is 0 Å². The minimum Gasteiger partial charge on any atom is -0.463 e. The Balaban J connectivity index is 4.48. The second kappa shape index (κ2) is 67.0. The van der Waals surface area contributed by atoms with Crippen molar-refractivity contribution in [2.75, 3.05) is 39.6 Å². The maximum absolute atomic E-state index is 12.9. The van der Waals surface area contributed by atoms with Gasteiger partial charge in [0.25, 0.3) is 0 Å². The molecule has 0 rings (SSSR count). The number of phosphoric ester groups is 2. The molecular formula is C73H132O16P2. The molecule has 91 heavy (non-hydrogen) atoms. The van der Waals surface area contributed by atoms with Crippen LogP contribution in [0, 0.1) is 0 Å². The maximum atomic E-state index is 12.9. The molecule has 0 aliphatic heterocycles. The predicted octanol–water partition coefficient (Wildman–Crippen LogP) is 20.3. The second-order valence-electron chi connectivity index (χ2n) is 24.4. The Morgan fingerprint density at radius 2 is 0.549 bits per heavy atom. The molecule has 5 atom stereocenters. The van der Waals surface area contributed by atoms with Gasteiger partial charge >= 0.3 is 33.6 Å². The van der Waals surface area contributed by atoms with Gasteiger partial charge in [0.05, 0.1) is 26.4 Å². The summed E-state index contributed by atoms with van der Waals surface area (Å²) in [4.78, 5) is 58.4. The molecule has 0 heterocycles. The van der Waals surface area contributed by atoms with Crippen LogP contribution in [-0.4, -0.2) is 95.9 Å². The molecule has 0 saturated heterocycles. The van der Waals surface area contributed by atoms with Gasteiger partial charge < -0.3 is 34.2 Å². The zero-order valence-corrected chi connectivity index (χ0v) is 59.3. The number of carbonyl (C=O) groups is 3. The van der Waals surface area contributed by atoms with Crippen LogP contribution in [-0.2, 0) is 55.8 Å². The first-order valence-electron chi connectivity index (χ1n) is 36.2. The Hall–Kier alpha value is -3.01.